The average molecular weight is 391 g/mol. The Bertz CT molecular complexity index is 865. The quantitative estimate of drug-likeness (QED) is 0.684. The van der Waals surface area contributed by atoms with Crippen molar-refractivity contribution in [1.82, 2.24) is 19.4 Å². The van der Waals surface area contributed by atoms with Gasteiger partial charge in [0.05, 0.1) is 16.1 Å². The molecule has 1 aliphatic rings. The van der Waals surface area contributed by atoms with Crippen LogP contribution in [0.5, 0.6) is 0 Å². The van der Waals surface area contributed by atoms with Crippen LogP contribution in [0.1, 0.15) is 0 Å². The van der Waals surface area contributed by atoms with Gasteiger partial charge < -0.3 is 10.2 Å². The van der Waals surface area contributed by atoms with E-state index in [0.717, 1.165) is 42.4 Å². The van der Waals surface area contributed by atoms with Gasteiger partial charge in [-0.05, 0) is 36.0 Å². The van der Waals surface area contributed by atoms with Gasteiger partial charge in [-0.3, -0.25) is 4.98 Å². The molecule has 6 nitrogen and oxygen atoms in total. The number of thiazole rings is 1. The third-order valence-electron chi connectivity index (χ3n) is 4.02. The molecular formula is C17H16ClFN6S. The monoisotopic (exact) mass is 390 g/mol. The molecule has 3 aromatic rings. The summed E-state index contributed by atoms with van der Waals surface area (Å²) in [5.41, 5.74) is 3.34. The fourth-order valence-corrected chi connectivity index (χ4v) is 3.41. The molecule has 3 heterocycles. The average Bonchev–Trinajstić information content (AvgIpc) is 3.19. The molecule has 26 heavy (non-hydrogen) atoms. The summed E-state index contributed by atoms with van der Waals surface area (Å²) in [6.07, 6.45) is 1.79. The lowest BCUT2D eigenvalue weighted by Gasteiger charge is -2.31. The number of benzene rings is 1. The lowest BCUT2D eigenvalue weighted by atomic mass is 10.3. The third kappa shape index (κ3) is 3.92. The topological polar surface area (TPSA) is 57.2 Å². The smallest absolute Gasteiger partial charge is 0.228 e. The van der Waals surface area contributed by atoms with E-state index in [2.05, 4.69) is 20.2 Å². The van der Waals surface area contributed by atoms with Gasteiger partial charge in [0, 0.05) is 44.1 Å². The van der Waals surface area contributed by atoms with Gasteiger partial charge in [-0.2, -0.15) is 4.98 Å². The zero-order valence-electron chi connectivity index (χ0n) is 13.8. The van der Waals surface area contributed by atoms with Crippen LogP contribution in [0.25, 0.3) is 10.6 Å². The molecule has 0 unspecified atom stereocenters. The van der Waals surface area contributed by atoms with Crippen molar-refractivity contribution in [2.24, 2.45) is 0 Å². The zero-order chi connectivity index (χ0) is 17.9. The second-order valence-corrected chi connectivity index (χ2v) is 7.20. The Morgan fingerprint density at radius 2 is 1.85 bits per heavy atom. The van der Waals surface area contributed by atoms with Crippen molar-refractivity contribution < 1.29 is 4.39 Å². The second-order valence-electron chi connectivity index (χ2n) is 5.83. The highest BCUT2D eigenvalue weighted by molar-refractivity contribution is 7.13. The van der Waals surface area contributed by atoms with Gasteiger partial charge in [-0.15, -0.1) is 11.3 Å². The van der Waals surface area contributed by atoms with Crippen LogP contribution in [0, 0.1) is 5.82 Å². The van der Waals surface area contributed by atoms with Crippen molar-refractivity contribution in [3.63, 3.8) is 0 Å². The highest BCUT2D eigenvalue weighted by Gasteiger charge is 2.19. The second kappa shape index (κ2) is 7.53. The van der Waals surface area contributed by atoms with Gasteiger partial charge in [-0.25, -0.2) is 13.8 Å². The molecule has 9 heteroatoms. The van der Waals surface area contributed by atoms with Gasteiger partial charge in [-0.1, -0.05) is 0 Å². The first-order chi connectivity index (χ1) is 12.7. The van der Waals surface area contributed by atoms with E-state index in [0.29, 0.717) is 11.8 Å². The third-order valence-corrected chi connectivity index (χ3v) is 5.16. The molecule has 4 rings (SSSR count). The van der Waals surface area contributed by atoms with Crippen LogP contribution < -0.4 is 10.2 Å². The zero-order valence-corrected chi connectivity index (χ0v) is 15.3. The van der Waals surface area contributed by atoms with Crippen LogP contribution in [-0.4, -0.2) is 45.5 Å². The number of halogens is 2. The highest BCUT2D eigenvalue weighted by atomic mass is 35.5. The summed E-state index contributed by atoms with van der Waals surface area (Å²) in [5.74, 6) is 1.02. The number of aromatic nitrogens is 3. The number of nitrogens with one attached hydrogen (secondary N) is 1. The molecule has 1 fully saturated rings. The van der Waals surface area contributed by atoms with Crippen molar-refractivity contribution >= 4 is 40.6 Å². The minimum atomic E-state index is -0.275. The van der Waals surface area contributed by atoms with E-state index < -0.39 is 0 Å². The van der Waals surface area contributed by atoms with Crippen molar-refractivity contribution in [3.8, 4) is 10.6 Å². The van der Waals surface area contributed by atoms with Gasteiger partial charge in [0.1, 0.15) is 11.6 Å². The van der Waals surface area contributed by atoms with E-state index in [1.165, 1.54) is 23.5 Å². The molecular weight excluding hydrogens is 375 g/mol. The summed E-state index contributed by atoms with van der Waals surface area (Å²) in [6, 6.07) is 8.05. The summed E-state index contributed by atoms with van der Waals surface area (Å²) >= 11 is 7.57. The lowest BCUT2D eigenvalue weighted by Crippen LogP contribution is -2.43. The van der Waals surface area contributed by atoms with Crippen molar-refractivity contribution in [2.75, 3.05) is 36.4 Å². The first-order valence-corrected chi connectivity index (χ1v) is 9.35. The first-order valence-electron chi connectivity index (χ1n) is 8.13. The van der Waals surface area contributed by atoms with Crippen LogP contribution in [0.3, 0.4) is 0 Å². The first kappa shape index (κ1) is 17.1. The molecule has 0 spiro atoms. The van der Waals surface area contributed by atoms with Crippen molar-refractivity contribution in [1.29, 1.82) is 0 Å². The van der Waals surface area contributed by atoms with Crippen LogP contribution in [-0.2, 0) is 0 Å². The maximum absolute atomic E-state index is 13.1. The maximum atomic E-state index is 13.1. The Morgan fingerprint density at radius 1 is 1.08 bits per heavy atom. The van der Waals surface area contributed by atoms with Gasteiger partial charge in [0.2, 0.25) is 5.95 Å². The lowest BCUT2D eigenvalue weighted by molar-refractivity contribution is 0.413. The normalized spacial score (nSPS) is 15.2. The Hall–Kier alpha value is -2.29. The highest BCUT2D eigenvalue weighted by Crippen LogP contribution is 2.27. The number of hydrogen-bond acceptors (Lipinski definition) is 7. The molecule has 2 aromatic heterocycles. The Balaban J connectivity index is 1.67. The van der Waals surface area contributed by atoms with Crippen LogP contribution in [0.4, 0.5) is 21.8 Å². The van der Waals surface area contributed by atoms with Crippen LogP contribution in [0.2, 0.25) is 0 Å². The maximum Gasteiger partial charge on any atom is 0.228 e. The largest absolute Gasteiger partial charge is 0.340 e. The minimum Gasteiger partial charge on any atom is -0.340 e. The standard InChI is InChI=1S/C17H16ClFN6S/c18-25-7-5-24(6-8-25)17-22-14(15-10-20-11-26-15)9-16(23-17)21-13-3-1-12(19)2-4-13/h1-4,9-11H,5-8H2,(H,21,22,23). The number of rotatable bonds is 4. The minimum absolute atomic E-state index is 0.275. The molecule has 0 amide bonds. The number of hydrogen-bond donors (Lipinski definition) is 1. The van der Waals surface area contributed by atoms with E-state index in [4.69, 9.17) is 16.8 Å². The van der Waals surface area contributed by atoms with Crippen molar-refractivity contribution in [2.45, 2.75) is 0 Å². The molecule has 134 valence electrons. The fourth-order valence-electron chi connectivity index (χ4n) is 2.67. The molecule has 1 saturated heterocycles. The molecule has 0 saturated carbocycles. The summed E-state index contributed by atoms with van der Waals surface area (Å²) in [4.78, 5) is 16.6. The molecule has 0 atom stereocenters. The number of nitrogens with zero attached hydrogens (tertiary/aromatic N) is 5. The summed E-state index contributed by atoms with van der Waals surface area (Å²) in [6.45, 7) is 3.00. The predicted molar refractivity (Wildman–Crippen MR) is 102 cm³/mol. The molecule has 0 bridgehead atoms. The fraction of sp³-hybridized carbons (Fsp3) is 0.235. The molecule has 1 N–H and O–H groups in total. The SMILES string of the molecule is Fc1ccc(Nc2cc(-c3cncs3)nc(N3CCN(Cl)CC3)n2)cc1. The molecule has 1 aliphatic heterocycles. The van der Waals surface area contributed by atoms with Gasteiger partial charge >= 0.3 is 0 Å². The van der Waals surface area contributed by atoms with E-state index >= 15 is 0 Å². The predicted octanol–water partition coefficient (Wildman–Crippen LogP) is 3.76. The summed E-state index contributed by atoms with van der Waals surface area (Å²) in [7, 11) is 0. The van der Waals surface area contributed by atoms with E-state index in [1.54, 1.807) is 28.3 Å². The van der Waals surface area contributed by atoms with Crippen LogP contribution in [0.15, 0.2) is 42.0 Å². The summed E-state index contributed by atoms with van der Waals surface area (Å²) < 4.78 is 14.9. The number of piperazine rings is 1. The van der Waals surface area contributed by atoms with Gasteiger partial charge in [0.25, 0.3) is 0 Å². The van der Waals surface area contributed by atoms with Gasteiger partial charge in [0.15, 0.2) is 0 Å². The number of anilines is 3. The molecule has 0 radical (unpaired) electrons. The van der Waals surface area contributed by atoms with Crippen molar-refractivity contribution in [3.05, 3.63) is 47.9 Å². The van der Waals surface area contributed by atoms with Crippen LogP contribution >= 0.6 is 23.1 Å². The van der Waals surface area contributed by atoms with E-state index in [-0.39, 0.29) is 5.82 Å². The molecule has 1 aromatic carbocycles. The van der Waals surface area contributed by atoms with E-state index in [9.17, 15) is 4.39 Å². The Morgan fingerprint density at radius 3 is 2.54 bits per heavy atom. The summed E-state index contributed by atoms with van der Waals surface area (Å²) in [5, 5.41) is 3.23. The Kier molecular flexibility index (Phi) is 4.96. The molecule has 0 aliphatic carbocycles. The van der Waals surface area contributed by atoms with E-state index in [1.807, 2.05) is 6.07 Å². The Labute approximate surface area is 159 Å².